The SMILES string of the molecule is CCC#CCOCCc1cnn(-c2ccccc2)c1. The zero-order valence-corrected chi connectivity index (χ0v) is 11.2. The molecule has 0 aliphatic carbocycles. The Bertz CT molecular complexity index is 549. The van der Waals surface area contributed by atoms with Crippen molar-refractivity contribution < 1.29 is 4.74 Å². The van der Waals surface area contributed by atoms with E-state index in [4.69, 9.17) is 4.74 Å². The van der Waals surface area contributed by atoms with Crippen LogP contribution in [0, 0.1) is 11.8 Å². The van der Waals surface area contributed by atoms with E-state index in [0.29, 0.717) is 13.2 Å². The van der Waals surface area contributed by atoms with E-state index < -0.39 is 0 Å². The number of para-hydroxylation sites is 1. The zero-order chi connectivity index (χ0) is 13.3. The average molecular weight is 254 g/mol. The van der Waals surface area contributed by atoms with Crippen LogP contribution < -0.4 is 0 Å². The van der Waals surface area contributed by atoms with E-state index in [1.807, 2.05) is 54.3 Å². The molecule has 0 N–H and O–H groups in total. The summed E-state index contributed by atoms with van der Waals surface area (Å²) < 4.78 is 7.33. The molecular formula is C16H18N2O. The van der Waals surface area contributed by atoms with Crippen LogP contribution in [0.1, 0.15) is 18.9 Å². The third-order valence-electron chi connectivity index (χ3n) is 2.67. The number of rotatable bonds is 5. The summed E-state index contributed by atoms with van der Waals surface area (Å²) in [5, 5.41) is 4.35. The fourth-order valence-electron chi connectivity index (χ4n) is 1.70. The molecule has 2 aromatic rings. The maximum Gasteiger partial charge on any atom is 0.107 e. The molecular weight excluding hydrogens is 236 g/mol. The Hall–Kier alpha value is -2.05. The highest BCUT2D eigenvalue weighted by Crippen LogP contribution is 2.07. The summed E-state index contributed by atoms with van der Waals surface area (Å²) in [5.41, 5.74) is 2.25. The highest BCUT2D eigenvalue weighted by molar-refractivity contribution is 5.30. The van der Waals surface area contributed by atoms with Gasteiger partial charge in [0.15, 0.2) is 0 Å². The monoisotopic (exact) mass is 254 g/mol. The molecule has 98 valence electrons. The Morgan fingerprint density at radius 1 is 1.21 bits per heavy atom. The van der Waals surface area contributed by atoms with Gasteiger partial charge >= 0.3 is 0 Å². The number of hydrogen-bond acceptors (Lipinski definition) is 2. The highest BCUT2D eigenvalue weighted by Gasteiger charge is 2.00. The van der Waals surface area contributed by atoms with Gasteiger partial charge in [-0.05, 0) is 24.1 Å². The average Bonchev–Trinajstić information content (AvgIpc) is 2.92. The van der Waals surface area contributed by atoms with Crippen molar-refractivity contribution in [3.8, 4) is 17.5 Å². The van der Waals surface area contributed by atoms with Gasteiger partial charge in [-0.15, -0.1) is 5.92 Å². The third kappa shape index (κ3) is 4.27. The molecule has 1 heterocycles. The van der Waals surface area contributed by atoms with Crippen molar-refractivity contribution in [2.45, 2.75) is 19.8 Å². The molecule has 3 nitrogen and oxygen atoms in total. The van der Waals surface area contributed by atoms with E-state index in [2.05, 4.69) is 16.9 Å². The lowest BCUT2D eigenvalue weighted by Crippen LogP contribution is -1.98. The molecule has 0 unspecified atom stereocenters. The fraction of sp³-hybridized carbons (Fsp3) is 0.312. The first-order chi connectivity index (χ1) is 9.40. The lowest BCUT2D eigenvalue weighted by atomic mass is 10.3. The predicted octanol–water partition coefficient (Wildman–Crippen LogP) is 2.84. The van der Waals surface area contributed by atoms with Crippen molar-refractivity contribution in [1.82, 2.24) is 9.78 Å². The van der Waals surface area contributed by atoms with Gasteiger partial charge in [-0.2, -0.15) is 5.10 Å². The molecule has 0 spiro atoms. The van der Waals surface area contributed by atoms with Crippen LogP contribution in [-0.2, 0) is 11.2 Å². The molecule has 0 saturated carbocycles. The second-order valence-electron chi connectivity index (χ2n) is 4.14. The van der Waals surface area contributed by atoms with Crippen LogP contribution in [0.25, 0.3) is 5.69 Å². The van der Waals surface area contributed by atoms with E-state index >= 15 is 0 Å². The number of hydrogen-bond donors (Lipinski definition) is 0. The van der Waals surface area contributed by atoms with E-state index in [-0.39, 0.29) is 0 Å². The molecule has 0 aliphatic rings. The summed E-state index contributed by atoms with van der Waals surface area (Å²) in [4.78, 5) is 0. The summed E-state index contributed by atoms with van der Waals surface area (Å²) in [5.74, 6) is 5.94. The second kappa shape index (κ2) is 7.40. The van der Waals surface area contributed by atoms with Gasteiger partial charge < -0.3 is 4.74 Å². The van der Waals surface area contributed by atoms with Crippen molar-refractivity contribution in [1.29, 1.82) is 0 Å². The minimum atomic E-state index is 0.515. The van der Waals surface area contributed by atoms with E-state index in [9.17, 15) is 0 Å². The van der Waals surface area contributed by atoms with Gasteiger partial charge in [0.1, 0.15) is 6.61 Å². The standard InChI is InChI=1S/C16H18N2O/c1-2-3-7-11-19-12-10-15-13-17-18(14-15)16-8-5-4-6-9-16/h4-6,8-9,13-14H,2,10-12H2,1H3. The van der Waals surface area contributed by atoms with E-state index in [1.54, 1.807) is 0 Å². The van der Waals surface area contributed by atoms with Gasteiger partial charge in [-0.1, -0.05) is 31.0 Å². The number of nitrogens with zero attached hydrogens (tertiary/aromatic N) is 2. The van der Waals surface area contributed by atoms with Gasteiger partial charge in [0.05, 0.1) is 18.5 Å². The third-order valence-corrected chi connectivity index (χ3v) is 2.67. The van der Waals surface area contributed by atoms with Gasteiger partial charge in [-0.3, -0.25) is 0 Å². The quantitative estimate of drug-likeness (QED) is 0.606. The molecule has 1 aromatic carbocycles. The highest BCUT2D eigenvalue weighted by atomic mass is 16.5. The molecule has 0 atom stereocenters. The number of aromatic nitrogens is 2. The van der Waals surface area contributed by atoms with Crippen LogP contribution in [0.4, 0.5) is 0 Å². The van der Waals surface area contributed by atoms with Crippen LogP contribution in [0.3, 0.4) is 0 Å². The molecule has 3 heteroatoms. The zero-order valence-electron chi connectivity index (χ0n) is 11.2. The summed E-state index contributed by atoms with van der Waals surface area (Å²) in [6, 6.07) is 10.1. The summed E-state index contributed by atoms with van der Waals surface area (Å²) >= 11 is 0. The first-order valence-electron chi connectivity index (χ1n) is 6.52. The fourth-order valence-corrected chi connectivity index (χ4v) is 1.70. The maximum absolute atomic E-state index is 5.44. The summed E-state index contributed by atoms with van der Waals surface area (Å²) in [6.07, 6.45) is 5.67. The maximum atomic E-state index is 5.44. The van der Waals surface area contributed by atoms with Crippen LogP contribution in [0.2, 0.25) is 0 Å². The normalized spacial score (nSPS) is 9.95. The Labute approximate surface area is 114 Å². The second-order valence-corrected chi connectivity index (χ2v) is 4.14. The van der Waals surface area contributed by atoms with Crippen molar-refractivity contribution in [2.75, 3.05) is 13.2 Å². The van der Waals surface area contributed by atoms with Gasteiger partial charge in [0.25, 0.3) is 0 Å². The topological polar surface area (TPSA) is 27.1 Å². The first-order valence-corrected chi connectivity index (χ1v) is 6.52. The van der Waals surface area contributed by atoms with E-state index in [0.717, 1.165) is 18.5 Å². The molecule has 0 aliphatic heterocycles. The van der Waals surface area contributed by atoms with Gasteiger partial charge in [0.2, 0.25) is 0 Å². The van der Waals surface area contributed by atoms with E-state index in [1.165, 1.54) is 5.56 Å². The molecule has 0 fully saturated rings. The van der Waals surface area contributed by atoms with Crippen molar-refractivity contribution in [3.05, 3.63) is 48.3 Å². The molecule has 2 rings (SSSR count). The van der Waals surface area contributed by atoms with Crippen molar-refractivity contribution in [2.24, 2.45) is 0 Å². The van der Waals surface area contributed by atoms with Crippen molar-refractivity contribution in [3.63, 3.8) is 0 Å². The van der Waals surface area contributed by atoms with Gasteiger partial charge in [0, 0.05) is 12.6 Å². The van der Waals surface area contributed by atoms with Crippen LogP contribution in [-0.4, -0.2) is 23.0 Å². The number of ether oxygens (including phenoxy) is 1. The minimum Gasteiger partial charge on any atom is -0.368 e. The van der Waals surface area contributed by atoms with Crippen LogP contribution in [0.5, 0.6) is 0 Å². The Balaban J connectivity index is 1.81. The van der Waals surface area contributed by atoms with Crippen molar-refractivity contribution >= 4 is 0 Å². The first kappa shape index (κ1) is 13.4. The summed E-state index contributed by atoms with van der Waals surface area (Å²) in [6.45, 7) is 3.23. The molecule has 19 heavy (non-hydrogen) atoms. The lowest BCUT2D eigenvalue weighted by Gasteiger charge is -1.99. The smallest absolute Gasteiger partial charge is 0.107 e. The molecule has 0 saturated heterocycles. The largest absolute Gasteiger partial charge is 0.368 e. The van der Waals surface area contributed by atoms with Gasteiger partial charge in [-0.25, -0.2) is 4.68 Å². The molecule has 0 radical (unpaired) electrons. The number of benzene rings is 1. The van der Waals surface area contributed by atoms with Crippen LogP contribution >= 0.6 is 0 Å². The minimum absolute atomic E-state index is 0.515. The molecule has 0 amide bonds. The summed E-state index contributed by atoms with van der Waals surface area (Å²) in [7, 11) is 0. The van der Waals surface area contributed by atoms with Crippen LogP contribution in [0.15, 0.2) is 42.7 Å². The Morgan fingerprint density at radius 3 is 2.84 bits per heavy atom. The molecule has 1 aromatic heterocycles. The lowest BCUT2D eigenvalue weighted by molar-refractivity contribution is 0.170. The Morgan fingerprint density at radius 2 is 2.05 bits per heavy atom. The molecule has 0 bridgehead atoms. The Kier molecular flexibility index (Phi) is 5.21. The predicted molar refractivity (Wildman–Crippen MR) is 76.2 cm³/mol.